The van der Waals surface area contributed by atoms with Crippen molar-refractivity contribution in [1.82, 2.24) is 15.1 Å². The summed E-state index contributed by atoms with van der Waals surface area (Å²) in [7, 11) is 1.89. The molecular weight excluding hydrogens is 308 g/mol. The van der Waals surface area contributed by atoms with Crippen molar-refractivity contribution >= 4 is 17.3 Å². The predicted octanol–water partition coefficient (Wildman–Crippen LogP) is 1.79. The Morgan fingerprint density at radius 2 is 2.09 bits per heavy atom. The second-order valence-electron chi connectivity index (χ2n) is 6.16. The van der Waals surface area contributed by atoms with Crippen molar-refractivity contribution in [2.45, 2.75) is 32.4 Å². The summed E-state index contributed by atoms with van der Waals surface area (Å²) in [6, 6.07) is 5.10. The van der Waals surface area contributed by atoms with E-state index in [0.717, 1.165) is 58.3 Å². The number of thiophene rings is 1. The van der Waals surface area contributed by atoms with Crippen LogP contribution in [0.15, 0.2) is 17.1 Å². The lowest BCUT2D eigenvalue weighted by atomic mass is 10.2. The fourth-order valence-electron chi connectivity index (χ4n) is 3.38. The summed E-state index contributed by atoms with van der Waals surface area (Å²) in [4.78, 5) is 12.3. The molecule has 5 nitrogen and oxygen atoms in total. The topological polar surface area (TPSA) is 40.1 Å². The van der Waals surface area contributed by atoms with Crippen LogP contribution < -0.4 is 5.32 Å². The molecule has 0 aliphatic carbocycles. The summed E-state index contributed by atoms with van der Waals surface area (Å²) in [5.41, 5.74) is 0. The van der Waals surface area contributed by atoms with Crippen molar-refractivity contribution in [3.63, 3.8) is 0 Å². The molecule has 2 fully saturated rings. The second kappa shape index (κ2) is 8.13. The number of aliphatic imine (C=N–C) groups is 1. The van der Waals surface area contributed by atoms with Gasteiger partial charge in [0.1, 0.15) is 0 Å². The van der Waals surface area contributed by atoms with Crippen LogP contribution in [0.25, 0.3) is 0 Å². The minimum Gasteiger partial charge on any atom is -0.379 e. The molecule has 0 saturated carbocycles. The lowest BCUT2D eigenvalue weighted by Gasteiger charge is -2.32. The third kappa shape index (κ3) is 4.25. The molecule has 3 heterocycles. The maximum Gasteiger partial charge on any atom is 0.193 e. The Balaban J connectivity index is 1.50. The van der Waals surface area contributed by atoms with Crippen LogP contribution in [-0.4, -0.2) is 68.2 Å². The molecule has 2 aliphatic rings. The second-order valence-corrected chi connectivity index (χ2v) is 7.41. The monoisotopic (exact) mass is 336 g/mol. The number of hydrogen-bond donors (Lipinski definition) is 1. The van der Waals surface area contributed by atoms with Crippen LogP contribution in [-0.2, 0) is 17.7 Å². The molecule has 128 valence electrons. The van der Waals surface area contributed by atoms with E-state index in [2.05, 4.69) is 39.2 Å². The largest absolute Gasteiger partial charge is 0.379 e. The molecule has 0 radical (unpaired) electrons. The zero-order valence-corrected chi connectivity index (χ0v) is 15.1. The van der Waals surface area contributed by atoms with Gasteiger partial charge in [-0.2, -0.15) is 0 Å². The number of nitrogens with one attached hydrogen (secondary N) is 1. The van der Waals surface area contributed by atoms with Gasteiger partial charge in [0.05, 0.1) is 19.8 Å². The standard InChI is InChI=1S/C17H28N4OS/c1-3-15-4-5-16(23-15)12-19-17(18-2)21-7-6-14(13-21)20-8-10-22-11-9-20/h4-5,14H,3,6-13H2,1-2H3,(H,18,19). The van der Waals surface area contributed by atoms with E-state index in [1.807, 2.05) is 18.4 Å². The number of nitrogens with zero attached hydrogens (tertiary/aromatic N) is 3. The van der Waals surface area contributed by atoms with Gasteiger partial charge in [0, 0.05) is 49.0 Å². The molecule has 0 aromatic carbocycles. The molecule has 1 atom stereocenters. The Labute approximate surface area is 143 Å². The third-order valence-electron chi connectivity index (χ3n) is 4.72. The van der Waals surface area contributed by atoms with Gasteiger partial charge in [-0.25, -0.2) is 0 Å². The number of hydrogen-bond acceptors (Lipinski definition) is 4. The number of morpholine rings is 1. The Morgan fingerprint density at radius 1 is 1.30 bits per heavy atom. The van der Waals surface area contributed by atoms with E-state index < -0.39 is 0 Å². The first-order chi connectivity index (χ1) is 11.3. The fraction of sp³-hybridized carbons (Fsp3) is 0.706. The van der Waals surface area contributed by atoms with Gasteiger partial charge in [-0.1, -0.05) is 6.92 Å². The molecule has 6 heteroatoms. The van der Waals surface area contributed by atoms with Gasteiger partial charge in [-0.15, -0.1) is 11.3 Å². The van der Waals surface area contributed by atoms with Crippen LogP contribution in [0.1, 0.15) is 23.1 Å². The maximum absolute atomic E-state index is 5.46. The van der Waals surface area contributed by atoms with Crippen LogP contribution >= 0.6 is 11.3 Å². The predicted molar refractivity (Wildman–Crippen MR) is 96.3 cm³/mol. The SMILES string of the molecule is CCc1ccc(CNC(=NC)N2CCC(N3CCOCC3)C2)s1. The Morgan fingerprint density at radius 3 is 2.78 bits per heavy atom. The van der Waals surface area contributed by atoms with E-state index in [0.29, 0.717) is 6.04 Å². The summed E-state index contributed by atoms with van der Waals surface area (Å²) in [6.07, 6.45) is 2.34. The minimum atomic E-state index is 0.644. The van der Waals surface area contributed by atoms with E-state index in [4.69, 9.17) is 4.74 Å². The molecule has 0 bridgehead atoms. The van der Waals surface area contributed by atoms with Crippen LogP contribution in [0.3, 0.4) is 0 Å². The molecule has 1 unspecified atom stereocenters. The van der Waals surface area contributed by atoms with Crippen molar-refractivity contribution in [1.29, 1.82) is 0 Å². The molecule has 0 spiro atoms. The van der Waals surface area contributed by atoms with Crippen molar-refractivity contribution < 1.29 is 4.74 Å². The van der Waals surface area contributed by atoms with Crippen molar-refractivity contribution in [3.05, 3.63) is 21.9 Å². The molecule has 0 amide bonds. The average Bonchev–Trinajstić information content (AvgIpc) is 3.26. The van der Waals surface area contributed by atoms with E-state index >= 15 is 0 Å². The summed E-state index contributed by atoms with van der Waals surface area (Å²) in [5, 5.41) is 3.53. The summed E-state index contributed by atoms with van der Waals surface area (Å²) in [6.45, 7) is 9.13. The Kier molecular flexibility index (Phi) is 5.91. The lowest BCUT2D eigenvalue weighted by Crippen LogP contribution is -2.46. The van der Waals surface area contributed by atoms with Crippen LogP contribution in [0.4, 0.5) is 0 Å². The molecule has 2 aliphatic heterocycles. The van der Waals surface area contributed by atoms with Crippen molar-refractivity contribution in [2.75, 3.05) is 46.4 Å². The number of aryl methyl sites for hydroxylation is 1. The zero-order valence-electron chi connectivity index (χ0n) is 14.3. The first-order valence-electron chi connectivity index (χ1n) is 8.65. The smallest absolute Gasteiger partial charge is 0.193 e. The summed E-state index contributed by atoms with van der Waals surface area (Å²) >= 11 is 1.89. The number of rotatable bonds is 4. The molecular formula is C17H28N4OS. The van der Waals surface area contributed by atoms with Gasteiger partial charge < -0.3 is 15.0 Å². The highest BCUT2D eigenvalue weighted by Crippen LogP contribution is 2.19. The van der Waals surface area contributed by atoms with Crippen molar-refractivity contribution in [3.8, 4) is 0 Å². The van der Waals surface area contributed by atoms with Crippen molar-refractivity contribution in [2.24, 2.45) is 4.99 Å². The zero-order chi connectivity index (χ0) is 16.1. The summed E-state index contributed by atoms with van der Waals surface area (Å²) < 4.78 is 5.46. The van der Waals surface area contributed by atoms with E-state index in [1.54, 1.807) is 0 Å². The lowest BCUT2D eigenvalue weighted by molar-refractivity contribution is 0.0195. The van der Waals surface area contributed by atoms with Gasteiger partial charge in [-0.3, -0.25) is 9.89 Å². The molecule has 1 N–H and O–H groups in total. The van der Waals surface area contributed by atoms with Crippen LogP contribution in [0.5, 0.6) is 0 Å². The highest BCUT2D eigenvalue weighted by atomic mass is 32.1. The highest BCUT2D eigenvalue weighted by molar-refractivity contribution is 7.11. The number of ether oxygens (including phenoxy) is 1. The van der Waals surface area contributed by atoms with E-state index in [1.165, 1.54) is 16.2 Å². The van der Waals surface area contributed by atoms with E-state index in [-0.39, 0.29) is 0 Å². The number of likely N-dealkylation sites (tertiary alicyclic amines) is 1. The first-order valence-corrected chi connectivity index (χ1v) is 9.46. The van der Waals surface area contributed by atoms with Gasteiger partial charge in [-0.05, 0) is 25.0 Å². The molecule has 3 rings (SSSR count). The number of guanidine groups is 1. The van der Waals surface area contributed by atoms with E-state index in [9.17, 15) is 0 Å². The first kappa shape index (κ1) is 16.7. The normalized spacial score (nSPS) is 23.5. The minimum absolute atomic E-state index is 0.644. The van der Waals surface area contributed by atoms with Gasteiger partial charge in [0.25, 0.3) is 0 Å². The van der Waals surface area contributed by atoms with Crippen LogP contribution in [0, 0.1) is 0 Å². The van der Waals surface area contributed by atoms with Crippen LogP contribution in [0.2, 0.25) is 0 Å². The molecule has 2 saturated heterocycles. The summed E-state index contributed by atoms with van der Waals surface area (Å²) in [5.74, 6) is 1.03. The molecule has 1 aromatic heterocycles. The quantitative estimate of drug-likeness (QED) is 0.672. The maximum atomic E-state index is 5.46. The van der Waals surface area contributed by atoms with Gasteiger partial charge >= 0.3 is 0 Å². The molecule has 1 aromatic rings. The highest BCUT2D eigenvalue weighted by Gasteiger charge is 2.30. The third-order valence-corrected chi connectivity index (χ3v) is 5.95. The van der Waals surface area contributed by atoms with Gasteiger partial charge in [0.15, 0.2) is 5.96 Å². The Hall–Kier alpha value is -1.11. The average molecular weight is 337 g/mol. The molecule has 23 heavy (non-hydrogen) atoms. The Bertz CT molecular complexity index is 524. The fourth-order valence-corrected chi connectivity index (χ4v) is 4.28. The van der Waals surface area contributed by atoms with Gasteiger partial charge in [0.2, 0.25) is 0 Å².